The third kappa shape index (κ3) is 17.5. The number of allylic oxidation sites excluding steroid dienone is 6. The molecule has 1 atom stereocenters. The Morgan fingerprint density at radius 3 is 1.87 bits per heavy atom. The molecule has 0 fully saturated rings. The van der Waals surface area contributed by atoms with Crippen molar-refractivity contribution < 1.29 is 13.3 Å². The van der Waals surface area contributed by atoms with Crippen LogP contribution in [0, 0.1) is 0 Å². The Kier molecular flexibility index (Phi) is 15.7. The molecular formula is C19H34FO2P. The first kappa shape index (κ1) is 22.3. The molecule has 0 aromatic rings. The lowest BCUT2D eigenvalue weighted by Gasteiger charge is -2.04. The van der Waals surface area contributed by atoms with Gasteiger partial charge in [-0.15, -0.1) is 0 Å². The molecule has 0 aliphatic carbocycles. The Labute approximate surface area is 142 Å². The van der Waals surface area contributed by atoms with Crippen LogP contribution in [0.3, 0.4) is 0 Å². The summed E-state index contributed by atoms with van der Waals surface area (Å²) in [5.41, 5.74) is 0. The molecule has 0 radical (unpaired) electrons. The molecule has 23 heavy (non-hydrogen) atoms. The molecule has 0 heterocycles. The Morgan fingerprint density at radius 1 is 0.826 bits per heavy atom. The number of rotatable bonds is 15. The topological polar surface area (TPSA) is 26.3 Å². The summed E-state index contributed by atoms with van der Waals surface area (Å²) >= 11 is 0. The van der Waals surface area contributed by atoms with Crippen LogP contribution in [-0.2, 0) is 9.09 Å². The summed E-state index contributed by atoms with van der Waals surface area (Å²) < 4.78 is 28.3. The smallest absolute Gasteiger partial charge is 0.309 e. The molecule has 0 saturated carbocycles. The van der Waals surface area contributed by atoms with E-state index in [0.717, 1.165) is 32.1 Å². The van der Waals surface area contributed by atoms with E-state index in [1.807, 2.05) is 0 Å². The van der Waals surface area contributed by atoms with Gasteiger partial charge in [-0.1, -0.05) is 62.6 Å². The quantitative estimate of drug-likeness (QED) is 0.176. The van der Waals surface area contributed by atoms with Crippen molar-refractivity contribution in [1.82, 2.24) is 0 Å². The van der Waals surface area contributed by atoms with E-state index in [4.69, 9.17) is 0 Å². The standard InChI is InChI=1S/C19H34FO2P/c1-3-4-5-6-7-8-9-10-11-12-13-14-15-16-17-18-19-23(20,21)22-2/h7-8,10-11,13-14H,3-6,9,12,15-19H2,1-2H3/b8-7-,11-10-,14-13-/t23-/m0/s1. The second-order valence-electron chi connectivity index (χ2n) is 5.73. The number of halogens is 1. The van der Waals surface area contributed by atoms with Gasteiger partial charge in [0.25, 0.3) is 0 Å². The van der Waals surface area contributed by atoms with Gasteiger partial charge in [0.05, 0.1) is 6.16 Å². The van der Waals surface area contributed by atoms with Gasteiger partial charge in [0.1, 0.15) is 0 Å². The maximum atomic E-state index is 13.0. The molecule has 134 valence electrons. The summed E-state index contributed by atoms with van der Waals surface area (Å²) in [7, 11) is -2.63. The van der Waals surface area contributed by atoms with Crippen molar-refractivity contribution in [3.8, 4) is 0 Å². The van der Waals surface area contributed by atoms with Crippen LogP contribution in [0.4, 0.5) is 4.20 Å². The van der Waals surface area contributed by atoms with Crippen molar-refractivity contribution >= 4 is 7.68 Å². The minimum Gasteiger partial charge on any atom is -0.309 e. The van der Waals surface area contributed by atoms with E-state index in [9.17, 15) is 8.76 Å². The van der Waals surface area contributed by atoms with E-state index in [0.29, 0.717) is 6.42 Å². The zero-order valence-electron chi connectivity index (χ0n) is 14.9. The molecule has 0 rings (SSSR count). The van der Waals surface area contributed by atoms with Crippen LogP contribution in [0.15, 0.2) is 36.5 Å². The van der Waals surface area contributed by atoms with Crippen LogP contribution in [0.25, 0.3) is 0 Å². The molecule has 4 heteroatoms. The predicted octanol–water partition coefficient (Wildman–Crippen LogP) is 7.38. The molecule has 0 N–H and O–H groups in total. The maximum Gasteiger partial charge on any atom is 0.367 e. The number of hydrogen-bond acceptors (Lipinski definition) is 2. The van der Waals surface area contributed by atoms with E-state index >= 15 is 0 Å². The van der Waals surface area contributed by atoms with Crippen LogP contribution < -0.4 is 0 Å². The van der Waals surface area contributed by atoms with Crippen molar-refractivity contribution in [2.24, 2.45) is 0 Å². The Morgan fingerprint density at radius 2 is 1.35 bits per heavy atom. The zero-order valence-corrected chi connectivity index (χ0v) is 15.8. The summed E-state index contributed by atoms with van der Waals surface area (Å²) in [6, 6.07) is 0. The normalized spacial score (nSPS) is 15.1. The van der Waals surface area contributed by atoms with Gasteiger partial charge in [-0.25, -0.2) is 0 Å². The van der Waals surface area contributed by atoms with E-state index in [-0.39, 0.29) is 6.16 Å². The van der Waals surface area contributed by atoms with Gasteiger partial charge in [0.2, 0.25) is 0 Å². The third-order valence-corrected chi connectivity index (χ3v) is 4.98. The van der Waals surface area contributed by atoms with E-state index in [1.165, 1.54) is 32.8 Å². The van der Waals surface area contributed by atoms with E-state index < -0.39 is 7.68 Å². The third-order valence-electron chi connectivity index (χ3n) is 3.59. The minimum absolute atomic E-state index is 0.0436. The van der Waals surface area contributed by atoms with Crippen molar-refractivity contribution in [3.63, 3.8) is 0 Å². The molecule has 2 nitrogen and oxygen atoms in total. The molecule has 0 spiro atoms. The number of unbranched alkanes of at least 4 members (excludes halogenated alkanes) is 6. The average molecular weight is 344 g/mol. The molecule has 0 bridgehead atoms. The fourth-order valence-electron chi connectivity index (χ4n) is 2.12. The van der Waals surface area contributed by atoms with Gasteiger partial charge in [-0.05, 0) is 44.9 Å². The van der Waals surface area contributed by atoms with E-state index in [2.05, 4.69) is 47.9 Å². The molecule has 0 unspecified atom stereocenters. The molecule has 0 amide bonds. The fraction of sp³-hybridized carbons (Fsp3) is 0.684. The first-order chi connectivity index (χ1) is 11.1. The fourth-order valence-corrected chi connectivity index (χ4v) is 2.90. The van der Waals surface area contributed by atoms with Crippen LogP contribution >= 0.6 is 7.68 Å². The summed E-state index contributed by atoms with van der Waals surface area (Å²) in [5.74, 6) is 0. The summed E-state index contributed by atoms with van der Waals surface area (Å²) in [6.45, 7) is 2.23. The summed E-state index contributed by atoms with van der Waals surface area (Å²) in [6.07, 6.45) is 23.9. The van der Waals surface area contributed by atoms with Gasteiger partial charge in [0, 0.05) is 7.11 Å². The Bertz CT molecular complexity index is 389. The van der Waals surface area contributed by atoms with Gasteiger partial charge >= 0.3 is 7.68 Å². The van der Waals surface area contributed by atoms with Crippen LogP contribution in [0.1, 0.15) is 71.1 Å². The SMILES string of the molecule is CCCCC/C=C\C/C=C\C/C=C\CCCCC[P@@](=O)(F)OC. The van der Waals surface area contributed by atoms with Gasteiger partial charge in [-0.3, -0.25) is 4.57 Å². The highest BCUT2D eigenvalue weighted by Crippen LogP contribution is 2.48. The molecular weight excluding hydrogens is 310 g/mol. The van der Waals surface area contributed by atoms with Gasteiger partial charge in [0.15, 0.2) is 0 Å². The molecule has 0 aliphatic rings. The van der Waals surface area contributed by atoms with Crippen LogP contribution in [0.5, 0.6) is 0 Å². The lowest BCUT2D eigenvalue weighted by atomic mass is 10.2. The van der Waals surface area contributed by atoms with Gasteiger partial charge in [-0.2, -0.15) is 4.20 Å². The highest BCUT2D eigenvalue weighted by molar-refractivity contribution is 7.53. The first-order valence-corrected chi connectivity index (χ1v) is 10.6. The van der Waals surface area contributed by atoms with Crippen molar-refractivity contribution in [2.75, 3.05) is 13.3 Å². The Hall–Kier alpha value is -0.660. The van der Waals surface area contributed by atoms with E-state index in [1.54, 1.807) is 0 Å². The molecule has 0 saturated heterocycles. The second kappa shape index (κ2) is 16.2. The minimum atomic E-state index is -3.79. The van der Waals surface area contributed by atoms with Crippen LogP contribution in [0.2, 0.25) is 0 Å². The second-order valence-corrected chi connectivity index (χ2v) is 7.72. The predicted molar refractivity (Wildman–Crippen MR) is 99.9 cm³/mol. The highest BCUT2D eigenvalue weighted by atomic mass is 31.2. The largest absolute Gasteiger partial charge is 0.367 e. The zero-order chi connectivity index (χ0) is 17.2. The molecule has 0 aromatic heterocycles. The lowest BCUT2D eigenvalue weighted by Crippen LogP contribution is -1.87. The lowest BCUT2D eigenvalue weighted by molar-refractivity contribution is 0.354. The first-order valence-electron chi connectivity index (χ1n) is 8.92. The highest BCUT2D eigenvalue weighted by Gasteiger charge is 2.18. The number of hydrogen-bond donors (Lipinski definition) is 0. The summed E-state index contributed by atoms with van der Waals surface area (Å²) in [4.78, 5) is 0. The monoisotopic (exact) mass is 344 g/mol. The van der Waals surface area contributed by atoms with Crippen molar-refractivity contribution in [1.29, 1.82) is 0 Å². The average Bonchev–Trinajstić information content (AvgIpc) is 2.54. The van der Waals surface area contributed by atoms with Crippen LogP contribution in [-0.4, -0.2) is 13.3 Å². The molecule has 0 aromatic carbocycles. The van der Waals surface area contributed by atoms with Crippen molar-refractivity contribution in [3.05, 3.63) is 36.5 Å². The molecule has 0 aliphatic heterocycles. The maximum absolute atomic E-state index is 13.0. The van der Waals surface area contributed by atoms with Crippen molar-refractivity contribution in [2.45, 2.75) is 71.1 Å². The Balaban J connectivity index is 3.40. The van der Waals surface area contributed by atoms with Gasteiger partial charge < -0.3 is 4.52 Å². The summed E-state index contributed by atoms with van der Waals surface area (Å²) in [5, 5.41) is 0.